The van der Waals surface area contributed by atoms with Crippen molar-refractivity contribution < 1.29 is 0 Å². The summed E-state index contributed by atoms with van der Waals surface area (Å²) in [5.74, 6) is 0. The zero-order valence-electron chi connectivity index (χ0n) is 14.2. The van der Waals surface area contributed by atoms with E-state index in [0.29, 0.717) is 10.2 Å². The molecule has 0 aliphatic heterocycles. The fourth-order valence-electron chi connectivity index (χ4n) is 3.27. The van der Waals surface area contributed by atoms with Crippen LogP contribution in [0.5, 0.6) is 0 Å². The van der Waals surface area contributed by atoms with Crippen molar-refractivity contribution in [2.45, 2.75) is 43.0 Å². The largest absolute Gasteiger partial charge is 0.268 e. The molecule has 26 heavy (non-hydrogen) atoms. The fraction of sp³-hybridized carbons (Fsp3) is 0.316. The summed E-state index contributed by atoms with van der Waals surface area (Å²) in [6.07, 6.45) is 4.24. The first-order chi connectivity index (χ1) is 12.6. The molecule has 4 nitrogen and oxygen atoms in total. The van der Waals surface area contributed by atoms with E-state index in [0.717, 1.165) is 41.6 Å². The van der Waals surface area contributed by atoms with Crippen molar-refractivity contribution >= 4 is 44.9 Å². The summed E-state index contributed by atoms with van der Waals surface area (Å²) in [4.78, 5) is 20.3. The van der Waals surface area contributed by atoms with Gasteiger partial charge in [-0.05, 0) is 62.4 Å². The van der Waals surface area contributed by atoms with E-state index in [2.05, 4.69) is 6.07 Å². The molecule has 2 aromatic heterocycles. The number of aryl methyl sites for hydroxylation is 2. The lowest BCUT2D eigenvalue weighted by Crippen LogP contribution is -2.22. The number of thioether (sulfide) groups is 1. The van der Waals surface area contributed by atoms with Gasteiger partial charge in [-0.1, -0.05) is 23.4 Å². The standard InChI is InChI=1S/C19H16ClN3OS2/c1-11(10-21)25-19-22-17-16(14-4-2-3-5-15(14)26-17)18(24)23(19)13-8-6-12(20)7-9-13/h6-9,11H,2-5H2,1H3/t11-/m1/s1. The van der Waals surface area contributed by atoms with E-state index in [1.165, 1.54) is 22.2 Å². The third-order valence-electron chi connectivity index (χ3n) is 4.51. The van der Waals surface area contributed by atoms with Crippen molar-refractivity contribution in [1.29, 1.82) is 5.26 Å². The highest BCUT2D eigenvalue weighted by atomic mass is 35.5. The Bertz CT molecular complexity index is 1080. The molecule has 1 aliphatic rings. The molecule has 0 bridgehead atoms. The van der Waals surface area contributed by atoms with Crippen LogP contribution < -0.4 is 5.56 Å². The molecule has 0 radical (unpaired) electrons. The predicted octanol–water partition coefficient (Wildman–Crippen LogP) is 4.98. The molecule has 4 rings (SSSR count). The van der Waals surface area contributed by atoms with Crippen LogP contribution in [0.3, 0.4) is 0 Å². The van der Waals surface area contributed by atoms with Gasteiger partial charge in [0.1, 0.15) is 4.83 Å². The van der Waals surface area contributed by atoms with Gasteiger partial charge in [-0.25, -0.2) is 4.98 Å². The van der Waals surface area contributed by atoms with Gasteiger partial charge in [0.2, 0.25) is 0 Å². The van der Waals surface area contributed by atoms with Gasteiger partial charge in [-0.3, -0.25) is 9.36 Å². The van der Waals surface area contributed by atoms with Crippen molar-refractivity contribution in [2.75, 3.05) is 0 Å². The van der Waals surface area contributed by atoms with Crippen LogP contribution in [0.15, 0.2) is 34.2 Å². The normalized spacial score (nSPS) is 14.8. The van der Waals surface area contributed by atoms with Crippen molar-refractivity contribution in [3.63, 3.8) is 0 Å². The Morgan fingerprint density at radius 2 is 2.04 bits per heavy atom. The lowest BCUT2D eigenvalue weighted by Gasteiger charge is -2.14. The van der Waals surface area contributed by atoms with Gasteiger partial charge in [-0.15, -0.1) is 11.3 Å². The van der Waals surface area contributed by atoms with E-state index in [1.807, 2.05) is 19.1 Å². The number of aromatic nitrogens is 2. The summed E-state index contributed by atoms with van der Waals surface area (Å²) in [6.45, 7) is 1.81. The van der Waals surface area contributed by atoms with E-state index in [-0.39, 0.29) is 10.8 Å². The number of hydrogen-bond acceptors (Lipinski definition) is 5. The molecule has 0 fully saturated rings. The minimum atomic E-state index is -0.299. The monoisotopic (exact) mass is 401 g/mol. The number of halogens is 1. The molecule has 0 unspecified atom stereocenters. The van der Waals surface area contributed by atoms with Gasteiger partial charge in [0, 0.05) is 9.90 Å². The molecule has 1 aliphatic carbocycles. The van der Waals surface area contributed by atoms with Crippen LogP contribution in [0.25, 0.3) is 15.9 Å². The second-order valence-electron chi connectivity index (χ2n) is 6.29. The summed E-state index contributed by atoms with van der Waals surface area (Å²) < 4.78 is 1.62. The first-order valence-corrected chi connectivity index (χ1v) is 10.6. The van der Waals surface area contributed by atoms with Crippen LogP contribution in [0.4, 0.5) is 0 Å². The van der Waals surface area contributed by atoms with Gasteiger partial charge in [-0.2, -0.15) is 5.26 Å². The molecule has 0 saturated carbocycles. The number of nitriles is 1. The van der Waals surface area contributed by atoms with E-state index < -0.39 is 0 Å². The number of benzene rings is 1. The average molecular weight is 402 g/mol. The molecule has 132 valence electrons. The molecular weight excluding hydrogens is 386 g/mol. The Hall–Kier alpha value is -1.81. The molecule has 0 amide bonds. The summed E-state index contributed by atoms with van der Waals surface area (Å²) in [7, 11) is 0. The zero-order valence-corrected chi connectivity index (χ0v) is 16.5. The molecule has 2 heterocycles. The Kier molecular flexibility index (Phi) is 4.78. The SMILES string of the molecule is C[C@H](C#N)Sc1nc2sc3c(c2c(=O)n1-c1ccc(Cl)cc1)CCCC3. The van der Waals surface area contributed by atoms with E-state index in [4.69, 9.17) is 16.6 Å². The molecule has 0 saturated heterocycles. The van der Waals surface area contributed by atoms with Crippen LogP contribution in [0.2, 0.25) is 5.02 Å². The summed E-state index contributed by atoms with van der Waals surface area (Å²) in [5, 5.41) is 10.8. The maximum atomic E-state index is 13.4. The highest BCUT2D eigenvalue weighted by Gasteiger charge is 2.23. The molecule has 7 heteroatoms. The first kappa shape index (κ1) is 17.6. The highest BCUT2D eigenvalue weighted by Crippen LogP contribution is 2.35. The van der Waals surface area contributed by atoms with Crippen molar-refractivity contribution in [2.24, 2.45) is 0 Å². The number of thiophene rings is 1. The fourth-order valence-corrected chi connectivity index (χ4v) is 5.51. The van der Waals surface area contributed by atoms with Gasteiger partial charge in [0.25, 0.3) is 5.56 Å². The van der Waals surface area contributed by atoms with E-state index >= 15 is 0 Å². The molecule has 0 spiro atoms. The lowest BCUT2D eigenvalue weighted by atomic mass is 9.97. The topological polar surface area (TPSA) is 58.7 Å². The molecule has 3 aromatic rings. The summed E-state index contributed by atoms with van der Waals surface area (Å²) >= 11 is 8.94. The van der Waals surface area contributed by atoms with Crippen LogP contribution in [0, 0.1) is 11.3 Å². The van der Waals surface area contributed by atoms with Crippen LogP contribution in [-0.4, -0.2) is 14.8 Å². The van der Waals surface area contributed by atoms with Gasteiger partial charge >= 0.3 is 0 Å². The van der Waals surface area contributed by atoms with E-state index in [9.17, 15) is 10.1 Å². The number of hydrogen-bond donors (Lipinski definition) is 0. The van der Waals surface area contributed by atoms with Gasteiger partial charge in [0.15, 0.2) is 5.16 Å². The highest BCUT2D eigenvalue weighted by molar-refractivity contribution is 8.00. The van der Waals surface area contributed by atoms with Gasteiger partial charge < -0.3 is 0 Å². The number of nitrogens with zero attached hydrogens (tertiary/aromatic N) is 3. The molecule has 1 aromatic carbocycles. The zero-order chi connectivity index (χ0) is 18.3. The maximum absolute atomic E-state index is 13.4. The summed E-state index contributed by atoms with van der Waals surface area (Å²) in [5.41, 5.74) is 1.84. The minimum Gasteiger partial charge on any atom is -0.268 e. The first-order valence-electron chi connectivity index (χ1n) is 8.48. The lowest BCUT2D eigenvalue weighted by molar-refractivity contribution is 0.699. The van der Waals surface area contributed by atoms with Crippen LogP contribution >= 0.6 is 34.7 Å². The third-order valence-corrected chi connectivity index (χ3v) is 6.89. The number of rotatable bonds is 3. The molecule has 0 N–H and O–H groups in total. The smallest absolute Gasteiger partial charge is 0.267 e. The quantitative estimate of drug-likeness (QED) is 0.458. The van der Waals surface area contributed by atoms with Crippen LogP contribution in [-0.2, 0) is 12.8 Å². The predicted molar refractivity (Wildman–Crippen MR) is 108 cm³/mol. The Morgan fingerprint density at radius 3 is 2.77 bits per heavy atom. The van der Waals surface area contributed by atoms with Gasteiger partial charge in [0.05, 0.1) is 22.4 Å². The van der Waals surface area contributed by atoms with E-state index in [1.54, 1.807) is 28.0 Å². The molecular formula is C19H16ClN3OS2. The van der Waals surface area contributed by atoms with Crippen LogP contribution in [0.1, 0.15) is 30.2 Å². The minimum absolute atomic E-state index is 0.0515. The Labute approximate surface area is 164 Å². The maximum Gasteiger partial charge on any atom is 0.267 e. The second-order valence-corrected chi connectivity index (χ2v) is 9.12. The van der Waals surface area contributed by atoms with Crippen molar-refractivity contribution in [3.05, 3.63) is 50.1 Å². The molecule has 1 atom stereocenters. The third kappa shape index (κ3) is 3.05. The van der Waals surface area contributed by atoms with Crippen molar-refractivity contribution in [3.8, 4) is 11.8 Å². The Balaban J connectivity index is 2.01. The summed E-state index contributed by atoms with van der Waals surface area (Å²) in [6, 6.07) is 9.37. The Morgan fingerprint density at radius 1 is 1.31 bits per heavy atom. The number of fused-ring (bicyclic) bond motifs is 3. The van der Waals surface area contributed by atoms with Crippen molar-refractivity contribution in [1.82, 2.24) is 9.55 Å². The second kappa shape index (κ2) is 7.07. The average Bonchev–Trinajstić information content (AvgIpc) is 3.01.